The van der Waals surface area contributed by atoms with Crippen LogP contribution >= 0.6 is 0 Å². The summed E-state index contributed by atoms with van der Waals surface area (Å²) in [6.07, 6.45) is 5.54. The average molecular weight is 337 g/mol. The van der Waals surface area contributed by atoms with E-state index < -0.39 is 0 Å². The first-order valence-corrected chi connectivity index (χ1v) is 9.85. The second-order valence-corrected chi connectivity index (χ2v) is 7.85. The quantitative estimate of drug-likeness (QED) is 0.895. The van der Waals surface area contributed by atoms with Crippen LogP contribution in [0.2, 0.25) is 0 Å². The number of quaternary nitrogens is 1. The highest BCUT2D eigenvalue weighted by atomic mass is 16.2. The molecule has 0 radical (unpaired) electrons. The zero-order valence-corrected chi connectivity index (χ0v) is 15.2. The lowest BCUT2D eigenvalue weighted by atomic mass is 9.84. The van der Waals surface area contributed by atoms with Gasteiger partial charge in [-0.15, -0.1) is 0 Å². The smallest absolute Gasteiger partial charge is 0.254 e. The number of hydrogen-bond donors (Lipinski definition) is 1. The standard InChI is InChI=1S/C22H28N2O/c1-17-7-2-5-12-21(17)23-13-15-24(16-14-23)22(25)20-11-6-9-18-8-3-4-10-19(18)20/h3-4,6,8-11,17,21H,2,5,7,12-16H2,1H3/p+1/t17-,21-/m0/s1. The van der Waals surface area contributed by atoms with Crippen LogP contribution in [0.1, 0.15) is 43.0 Å². The minimum absolute atomic E-state index is 0.201. The Bertz CT molecular complexity index is 743. The SMILES string of the molecule is C[C@H]1CCCC[C@@H]1[NH+]1CCN(C(=O)c2cccc3ccccc23)CC1. The molecule has 3 nitrogen and oxygen atoms in total. The van der Waals surface area contributed by atoms with Crippen LogP contribution in [0.5, 0.6) is 0 Å². The molecule has 1 saturated heterocycles. The summed E-state index contributed by atoms with van der Waals surface area (Å²) in [7, 11) is 0. The minimum atomic E-state index is 0.201. The first-order valence-electron chi connectivity index (χ1n) is 9.85. The fourth-order valence-electron chi connectivity index (χ4n) is 4.87. The van der Waals surface area contributed by atoms with E-state index in [9.17, 15) is 4.79 Å². The second-order valence-electron chi connectivity index (χ2n) is 7.85. The molecule has 0 unspecified atom stereocenters. The first kappa shape index (κ1) is 16.6. The summed E-state index contributed by atoms with van der Waals surface area (Å²) in [5, 5.41) is 2.22. The maximum Gasteiger partial charge on any atom is 0.254 e. The molecule has 4 rings (SSSR count). The number of nitrogens with one attached hydrogen (secondary N) is 1. The number of piperazine rings is 1. The van der Waals surface area contributed by atoms with E-state index >= 15 is 0 Å². The van der Waals surface area contributed by atoms with E-state index in [0.29, 0.717) is 0 Å². The van der Waals surface area contributed by atoms with E-state index in [2.05, 4.69) is 30.0 Å². The Morgan fingerprint density at radius 2 is 1.72 bits per heavy atom. The lowest BCUT2D eigenvalue weighted by molar-refractivity contribution is -0.934. The van der Waals surface area contributed by atoms with Gasteiger partial charge in [0.1, 0.15) is 0 Å². The lowest BCUT2D eigenvalue weighted by Crippen LogP contribution is -3.19. The summed E-state index contributed by atoms with van der Waals surface area (Å²) in [4.78, 5) is 16.9. The van der Waals surface area contributed by atoms with Crippen molar-refractivity contribution in [1.29, 1.82) is 0 Å². The number of amides is 1. The fraction of sp³-hybridized carbons (Fsp3) is 0.500. The van der Waals surface area contributed by atoms with Gasteiger partial charge in [0.25, 0.3) is 5.91 Å². The van der Waals surface area contributed by atoms with E-state index in [1.165, 1.54) is 25.7 Å². The number of fused-ring (bicyclic) bond motifs is 1. The number of carbonyl (C=O) groups excluding carboxylic acids is 1. The van der Waals surface area contributed by atoms with Crippen LogP contribution in [0.25, 0.3) is 10.8 Å². The van der Waals surface area contributed by atoms with Crippen molar-refractivity contribution in [2.24, 2.45) is 5.92 Å². The normalized spacial score (nSPS) is 25.2. The third-order valence-electron chi connectivity index (χ3n) is 6.35. The molecule has 3 heteroatoms. The van der Waals surface area contributed by atoms with Crippen molar-refractivity contribution < 1.29 is 9.69 Å². The van der Waals surface area contributed by atoms with Gasteiger partial charge < -0.3 is 9.80 Å². The molecule has 0 bridgehead atoms. The Hall–Kier alpha value is -1.87. The summed E-state index contributed by atoms with van der Waals surface area (Å²) in [6.45, 7) is 6.41. The monoisotopic (exact) mass is 337 g/mol. The molecule has 1 N–H and O–H groups in total. The molecule has 1 saturated carbocycles. The molecular weight excluding hydrogens is 308 g/mol. The van der Waals surface area contributed by atoms with Crippen LogP contribution in [-0.2, 0) is 0 Å². The number of nitrogens with zero attached hydrogens (tertiary/aromatic N) is 1. The van der Waals surface area contributed by atoms with Crippen molar-refractivity contribution in [2.75, 3.05) is 26.2 Å². The van der Waals surface area contributed by atoms with E-state index in [1.807, 2.05) is 24.3 Å². The van der Waals surface area contributed by atoms with Crippen LogP contribution in [0.3, 0.4) is 0 Å². The van der Waals surface area contributed by atoms with Gasteiger partial charge in [-0.2, -0.15) is 0 Å². The Morgan fingerprint density at radius 3 is 2.52 bits per heavy atom. The zero-order valence-electron chi connectivity index (χ0n) is 15.2. The van der Waals surface area contributed by atoms with Crippen molar-refractivity contribution in [1.82, 2.24) is 4.90 Å². The van der Waals surface area contributed by atoms with Crippen LogP contribution in [0.15, 0.2) is 42.5 Å². The highest BCUT2D eigenvalue weighted by molar-refractivity contribution is 6.07. The summed E-state index contributed by atoms with van der Waals surface area (Å²) >= 11 is 0. The number of rotatable bonds is 2. The van der Waals surface area contributed by atoms with Gasteiger partial charge in [0.15, 0.2) is 0 Å². The van der Waals surface area contributed by atoms with E-state index in [1.54, 1.807) is 4.90 Å². The van der Waals surface area contributed by atoms with Crippen molar-refractivity contribution in [3.8, 4) is 0 Å². The Labute approximate surface area is 150 Å². The first-order chi connectivity index (χ1) is 12.2. The molecular formula is C22H29N2O+. The topological polar surface area (TPSA) is 24.8 Å². The molecule has 2 aromatic rings. The summed E-state index contributed by atoms with van der Waals surface area (Å²) in [5.41, 5.74) is 0.854. The Kier molecular flexibility index (Phi) is 4.76. The van der Waals surface area contributed by atoms with Gasteiger partial charge in [-0.1, -0.05) is 49.7 Å². The van der Waals surface area contributed by atoms with Crippen molar-refractivity contribution in [2.45, 2.75) is 38.6 Å². The maximum absolute atomic E-state index is 13.1. The van der Waals surface area contributed by atoms with Crippen molar-refractivity contribution >= 4 is 16.7 Å². The average Bonchev–Trinajstić information content (AvgIpc) is 2.67. The van der Waals surface area contributed by atoms with E-state index in [-0.39, 0.29) is 5.91 Å². The van der Waals surface area contributed by atoms with Crippen LogP contribution < -0.4 is 4.90 Å². The van der Waals surface area contributed by atoms with Gasteiger partial charge in [-0.3, -0.25) is 4.79 Å². The van der Waals surface area contributed by atoms with E-state index in [4.69, 9.17) is 0 Å². The molecule has 2 aromatic carbocycles. The molecule has 1 amide bonds. The third-order valence-corrected chi connectivity index (χ3v) is 6.35. The Morgan fingerprint density at radius 1 is 1.00 bits per heavy atom. The highest BCUT2D eigenvalue weighted by Gasteiger charge is 2.34. The largest absolute Gasteiger partial charge is 0.329 e. The predicted molar refractivity (Wildman–Crippen MR) is 102 cm³/mol. The van der Waals surface area contributed by atoms with E-state index in [0.717, 1.165) is 54.5 Å². The molecule has 1 aliphatic heterocycles. The summed E-state index contributed by atoms with van der Waals surface area (Å²) in [5.74, 6) is 1.04. The van der Waals surface area contributed by atoms with Gasteiger partial charge in [0, 0.05) is 11.5 Å². The molecule has 0 spiro atoms. The maximum atomic E-state index is 13.1. The Balaban J connectivity index is 1.46. The molecule has 2 fully saturated rings. The summed E-state index contributed by atoms with van der Waals surface area (Å²) < 4.78 is 0. The van der Waals surface area contributed by atoms with Crippen LogP contribution in [0.4, 0.5) is 0 Å². The highest BCUT2D eigenvalue weighted by Crippen LogP contribution is 2.23. The molecule has 2 aliphatic rings. The molecule has 2 atom stereocenters. The molecule has 25 heavy (non-hydrogen) atoms. The molecule has 1 aliphatic carbocycles. The fourth-order valence-corrected chi connectivity index (χ4v) is 4.87. The summed E-state index contributed by atoms with van der Waals surface area (Å²) in [6, 6.07) is 15.1. The lowest BCUT2D eigenvalue weighted by Gasteiger charge is -2.40. The van der Waals surface area contributed by atoms with Crippen molar-refractivity contribution in [3.63, 3.8) is 0 Å². The zero-order chi connectivity index (χ0) is 17.2. The second kappa shape index (κ2) is 7.17. The van der Waals surface area contributed by atoms with Crippen LogP contribution in [0, 0.1) is 5.92 Å². The number of hydrogen-bond acceptors (Lipinski definition) is 1. The van der Waals surface area contributed by atoms with Gasteiger partial charge in [0.05, 0.1) is 32.2 Å². The number of benzene rings is 2. The molecule has 0 aromatic heterocycles. The molecule has 1 heterocycles. The van der Waals surface area contributed by atoms with Crippen molar-refractivity contribution in [3.05, 3.63) is 48.0 Å². The van der Waals surface area contributed by atoms with Gasteiger partial charge >= 0.3 is 0 Å². The van der Waals surface area contributed by atoms with Gasteiger partial charge in [-0.25, -0.2) is 0 Å². The van der Waals surface area contributed by atoms with Gasteiger partial charge in [-0.05, 0) is 36.1 Å². The number of carbonyl (C=O) groups is 1. The molecule has 132 valence electrons. The predicted octanol–water partition coefficient (Wildman–Crippen LogP) is 2.76. The third kappa shape index (κ3) is 3.30. The van der Waals surface area contributed by atoms with Crippen LogP contribution in [-0.4, -0.2) is 43.0 Å². The minimum Gasteiger partial charge on any atom is -0.329 e. The van der Waals surface area contributed by atoms with Gasteiger partial charge in [0.2, 0.25) is 0 Å².